The minimum atomic E-state index is -1.64. The highest BCUT2D eigenvalue weighted by Crippen LogP contribution is 2.45. The van der Waals surface area contributed by atoms with Gasteiger partial charge in [-0.1, -0.05) is 0 Å². The van der Waals surface area contributed by atoms with Gasteiger partial charge >= 0.3 is 0 Å². The number of fused-ring (bicyclic) bond motifs is 1. The zero-order valence-electron chi connectivity index (χ0n) is 14.6. The Morgan fingerprint density at radius 3 is 2.60 bits per heavy atom. The Labute approximate surface area is 145 Å². The van der Waals surface area contributed by atoms with Crippen LogP contribution < -0.4 is 9.64 Å². The lowest BCUT2D eigenvalue weighted by atomic mass is 9.85. The summed E-state index contributed by atoms with van der Waals surface area (Å²) in [6.45, 7) is 6.44. The van der Waals surface area contributed by atoms with E-state index in [1.165, 1.54) is 19.9 Å². The summed E-state index contributed by atoms with van der Waals surface area (Å²) in [5.74, 6) is 0.432. The fourth-order valence-electron chi connectivity index (χ4n) is 3.59. The molecule has 0 aromatic heterocycles. The largest absolute Gasteiger partial charge is 0.484 e. The van der Waals surface area contributed by atoms with E-state index in [1.54, 1.807) is 13.0 Å². The number of rotatable bonds is 4. The van der Waals surface area contributed by atoms with Crippen LogP contribution in [0.4, 0.5) is 15.8 Å². The maximum absolute atomic E-state index is 14.7. The van der Waals surface area contributed by atoms with Crippen LogP contribution in [0, 0.1) is 10.1 Å². The number of halogens is 1. The van der Waals surface area contributed by atoms with E-state index >= 15 is 0 Å². The van der Waals surface area contributed by atoms with Gasteiger partial charge in [0.2, 0.25) is 0 Å². The van der Waals surface area contributed by atoms with E-state index < -0.39 is 22.3 Å². The fourth-order valence-corrected chi connectivity index (χ4v) is 3.59. The highest BCUT2D eigenvalue weighted by atomic mass is 19.1. The molecule has 1 aromatic rings. The van der Waals surface area contributed by atoms with Gasteiger partial charge in [0.15, 0.2) is 6.17 Å². The maximum atomic E-state index is 14.7. The van der Waals surface area contributed by atoms with E-state index in [-0.39, 0.29) is 12.1 Å². The average molecular weight is 354 g/mol. The number of benzene rings is 1. The number of hydrogen-bond donors (Lipinski definition) is 1. The quantitative estimate of drug-likeness (QED) is 0.659. The van der Waals surface area contributed by atoms with Crippen molar-refractivity contribution in [1.29, 1.82) is 0 Å². The summed E-state index contributed by atoms with van der Waals surface area (Å²) in [4.78, 5) is 13.0. The van der Waals surface area contributed by atoms with Crippen molar-refractivity contribution in [2.75, 3.05) is 31.2 Å². The van der Waals surface area contributed by atoms with Gasteiger partial charge in [0.05, 0.1) is 23.7 Å². The third kappa shape index (κ3) is 3.28. The van der Waals surface area contributed by atoms with Crippen LogP contribution in [0.2, 0.25) is 0 Å². The average Bonchev–Trinajstić information content (AvgIpc) is 2.89. The molecule has 0 radical (unpaired) electrons. The molecular weight excluding hydrogens is 331 g/mol. The Kier molecular flexibility index (Phi) is 4.36. The predicted octanol–water partition coefficient (Wildman–Crippen LogP) is 2.23. The standard InChI is InChI=1S/C17H23FN2O5/c1-16(2,21)15(18)17(3)10-11-8-13(20(22)23)12(9-14(11)25-17)19-4-6-24-7-5-19/h8-9,15,21H,4-7,10H2,1-3H3. The zero-order chi connectivity index (χ0) is 18.4. The molecule has 2 heterocycles. The summed E-state index contributed by atoms with van der Waals surface area (Å²) in [6, 6.07) is 3.07. The van der Waals surface area contributed by atoms with E-state index in [1.807, 2.05) is 4.90 Å². The van der Waals surface area contributed by atoms with Crippen LogP contribution >= 0.6 is 0 Å². The second-order valence-corrected chi connectivity index (χ2v) is 7.41. The van der Waals surface area contributed by atoms with Gasteiger partial charge in [-0.2, -0.15) is 0 Å². The molecule has 2 aliphatic heterocycles. The van der Waals surface area contributed by atoms with Crippen molar-refractivity contribution in [3.8, 4) is 5.75 Å². The van der Waals surface area contributed by atoms with Gasteiger partial charge in [0, 0.05) is 37.2 Å². The Hall–Kier alpha value is -1.93. The first-order valence-electron chi connectivity index (χ1n) is 8.31. The summed E-state index contributed by atoms with van der Waals surface area (Å²) in [5, 5.41) is 21.5. The van der Waals surface area contributed by atoms with E-state index in [9.17, 15) is 19.6 Å². The van der Waals surface area contributed by atoms with Crippen LogP contribution in [0.15, 0.2) is 12.1 Å². The summed E-state index contributed by atoms with van der Waals surface area (Å²) in [6.07, 6.45) is -1.48. The minimum absolute atomic E-state index is 0.0211. The van der Waals surface area contributed by atoms with Crippen LogP contribution in [-0.4, -0.2) is 53.7 Å². The molecule has 1 fully saturated rings. The minimum Gasteiger partial charge on any atom is -0.484 e. The van der Waals surface area contributed by atoms with Crippen molar-refractivity contribution in [2.45, 2.75) is 44.6 Å². The molecule has 0 saturated carbocycles. The lowest BCUT2D eigenvalue weighted by Crippen LogP contribution is -2.52. The van der Waals surface area contributed by atoms with E-state index in [0.717, 1.165) is 0 Å². The summed E-state index contributed by atoms with van der Waals surface area (Å²) in [5.41, 5.74) is -1.83. The molecule has 0 amide bonds. The monoisotopic (exact) mass is 354 g/mol. The number of ether oxygens (including phenoxy) is 2. The molecule has 0 bridgehead atoms. The Morgan fingerprint density at radius 1 is 1.40 bits per heavy atom. The summed E-state index contributed by atoms with van der Waals surface area (Å²) in [7, 11) is 0. The van der Waals surface area contributed by atoms with Crippen molar-refractivity contribution < 1.29 is 23.9 Å². The fraction of sp³-hybridized carbons (Fsp3) is 0.647. The van der Waals surface area contributed by atoms with Crippen LogP contribution in [0.1, 0.15) is 26.3 Å². The molecule has 1 saturated heterocycles. The SMILES string of the molecule is CC(C)(O)C(F)C1(C)Cc2cc([N+](=O)[O-])c(N3CCOCC3)cc2O1. The first-order chi connectivity index (χ1) is 11.6. The molecule has 7 nitrogen and oxygen atoms in total. The van der Waals surface area contributed by atoms with Crippen molar-refractivity contribution in [3.05, 3.63) is 27.8 Å². The molecule has 2 unspecified atom stereocenters. The smallest absolute Gasteiger partial charge is 0.293 e. The third-order valence-electron chi connectivity index (χ3n) is 4.75. The van der Waals surface area contributed by atoms with Gasteiger partial charge in [-0.05, 0) is 20.8 Å². The number of alkyl halides is 1. The molecule has 138 valence electrons. The molecule has 1 N–H and O–H groups in total. The van der Waals surface area contributed by atoms with E-state index in [2.05, 4.69) is 0 Å². The molecule has 2 aliphatic rings. The normalized spacial score (nSPS) is 24.6. The number of hydrogen-bond acceptors (Lipinski definition) is 6. The number of nitro benzene ring substituents is 1. The summed E-state index contributed by atoms with van der Waals surface area (Å²) < 4.78 is 25.9. The van der Waals surface area contributed by atoms with Crippen LogP contribution in [0.5, 0.6) is 5.75 Å². The lowest BCUT2D eigenvalue weighted by Gasteiger charge is -2.35. The number of anilines is 1. The second-order valence-electron chi connectivity index (χ2n) is 7.41. The Bertz CT molecular complexity index is 684. The van der Waals surface area contributed by atoms with Crippen LogP contribution in [-0.2, 0) is 11.2 Å². The molecule has 3 rings (SSSR count). The second kappa shape index (κ2) is 6.10. The lowest BCUT2D eigenvalue weighted by molar-refractivity contribution is -0.384. The molecular formula is C17H23FN2O5. The number of morpholine rings is 1. The topological polar surface area (TPSA) is 85.1 Å². The van der Waals surface area contributed by atoms with Crippen molar-refractivity contribution in [1.82, 2.24) is 0 Å². The third-order valence-corrected chi connectivity index (χ3v) is 4.75. The first kappa shape index (κ1) is 17.9. The van der Waals surface area contributed by atoms with Gasteiger partial charge < -0.3 is 19.5 Å². The predicted molar refractivity (Wildman–Crippen MR) is 90.1 cm³/mol. The van der Waals surface area contributed by atoms with Gasteiger partial charge in [0.25, 0.3) is 5.69 Å². The van der Waals surface area contributed by atoms with E-state index in [0.29, 0.717) is 43.3 Å². The molecule has 1 aromatic carbocycles. The van der Waals surface area contributed by atoms with Gasteiger partial charge in [-0.15, -0.1) is 0 Å². The first-order valence-corrected chi connectivity index (χ1v) is 8.31. The molecule has 25 heavy (non-hydrogen) atoms. The number of nitro groups is 1. The van der Waals surface area contributed by atoms with Gasteiger partial charge in [-0.25, -0.2) is 4.39 Å². The molecule has 0 spiro atoms. The van der Waals surface area contributed by atoms with Crippen LogP contribution in [0.3, 0.4) is 0 Å². The van der Waals surface area contributed by atoms with E-state index in [4.69, 9.17) is 9.47 Å². The van der Waals surface area contributed by atoms with Gasteiger partial charge in [0.1, 0.15) is 17.0 Å². The Balaban J connectivity index is 1.97. The summed E-state index contributed by atoms with van der Waals surface area (Å²) >= 11 is 0. The number of nitrogens with zero attached hydrogens (tertiary/aromatic N) is 2. The van der Waals surface area contributed by atoms with Crippen LogP contribution in [0.25, 0.3) is 0 Å². The molecule has 8 heteroatoms. The maximum Gasteiger partial charge on any atom is 0.293 e. The molecule has 0 aliphatic carbocycles. The van der Waals surface area contributed by atoms with Gasteiger partial charge in [-0.3, -0.25) is 10.1 Å². The van der Waals surface area contributed by atoms with Crippen molar-refractivity contribution >= 4 is 11.4 Å². The highest BCUT2D eigenvalue weighted by Gasteiger charge is 2.49. The molecule has 2 atom stereocenters. The van der Waals surface area contributed by atoms with Crippen molar-refractivity contribution in [2.24, 2.45) is 0 Å². The highest BCUT2D eigenvalue weighted by molar-refractivity contribution is 5.69. The zero-order valence-corrected chi connectivity index (χ0v) is 14.6. The van der Waals surface area contributed by atoms with Crippen molar-refractivity contribution in [3.63, 3.8) is 0 Å². The number of aliphatic hydroxyl groups is 1. The Morgan fingerprint density at radius 2 is 2.04 bits per heavy atom.